The summed E-state index contributed by atoms with van der Waals surface area (Å²) in [6.07, 6.45) is 0. The fourth-order valence-electron chi connectivity index (χ4n) is 2.32. The number of nitrogens with zero attached hydrogens (tertiary/aromatic N) is 1. The minimum absolute atomic E-state index is 0.0239. The van der Waals surface area contributed by atoms with Gasteiger partial charge in [-0.3, -0.25) is 9.59 Å². The van der Waals surface area contributed by atoms with E-state index in [9.17, 15) is 14.0 Å². The third kappa shape index (κ3) is 4.10. The molecule has 2 rings (SSSR count). The van der Waals surface area contributed by atoms with Crippen LogP contribution in [0.25, 0.3) is 0 Å². The molecule has 0 fully saturated rings. The molecule has 2 aromatic carbocycles. The van der Waals surface area contributed by atoms with Gasteiger partial charge in [0.1, 0.15) is 11.6 Å². The summed E-state index contributed by atoms with van der Waals surface area (Å²) in [5, 5.41) is 2.62. The number of anilines is 1. The van der Waals surface area contributed by atoms with Crippen molar-refractivity contribution in [2.45, 2.75) is 6.92 Å². The lowest BCUT2D eigenvalue weighted by Gasteiger charge is -2.23. The molecule has 0 aliphatic heterocycles. The average Bonchev–Trinajstić information content (AvgIpc) is 2.58. The lowest BCUT2D eigenvalue weighted by atomic mass is 10.2. The highest BCUT2D eigenvalue weighted by Crippen LogP contribution is 2.27. The number of halogens is 1. The Morgan fingerprint density at radius 1 is 1.12 bits per heavy atom. The smallest absolute Gasteiger partial charge is 0.254 e. The Balaban J connectivity index is 2.04. The third-order valence-corrected chi connectivity index (χ3v) is 3.50. The van der Waals surface area contributed by atoms with Crippen LogP contribution in [0.2, 0.25) is 0 Å². The summed E-state index contributed by atoms with van der Waals surface area (Å²) >= 11 is 0. The zero-order valence-electron chi connectivity index (χ0n) is 13.6. The molecule has 5 nitrogen and oxygen atoms in total. The molecule has 2 aromatic rings. The first-order valence-corrected chi connectivity index (χ1v) is 7.48. The Morgan fingerprint density at radius 2 is 1.79 bits per heavy atom. The lowest BCUT2D eigenvalue weighted by molar-refractivity contribution is -0.116. The number of rotatable bonds is 6. The minimum atomic E-state index is -0.580. The highest BCUT2D eigenvalue weighted by atomic mass is 19.1. The van der Waals surface area contributed by atoms with Gasteiger partial charge in [-0.2, -0.15) is 0 Å². The van der Waals surface area contributed by atoms with Crippen LogP contribution < -0.4 is 15.0 Å². The Morgan fingerprint density at radius 3 is 2.46 bits per heavy atom. The maximum atomic E-state index is 13.6. The fourth-order valence-corrected chi connectivity index (χ4v) is 2.32. The molecular weight excluding hydrogens is 311 g/mol. The topological polar surface area (TPSA) is 58.6 Å². The molecule has 6 heteroatoms. The largest absolute Gasteiger partial charge is 0.495 e. The van der Waals surface area contributed by atoms with Crippen molar-refractivity contribution < 1.29 is 18.7 Å². The maximum Gasteiger partial charge on any atom is 0.254 e. The van der Waals surface area contributed by atoms with Crippen molar-refractivity contribution in [2.24, 2.45) is 0 Å². The molecule has 0 heterocycles. The molecule has 0 radical (unpaired) electrons. The normalized spacial score (nSPS) is 10.1. The van der Waals surface area contributed by atoms with Gasteiger partial charge in [0.05, 0.1) is 18.4 Å². The summed E-state index contributed by atoms with van der Waals surface area (Å²) in [6, 6.07) is 12.9. The summed E-state index contributed by atoms with van der Waals surface area (Å²) in [5.41, 5.74) is 0.594. The Kier molecular flexibility index (Phi) is 5.89. The molecule has 0 aliphatic carbocycles. The first-order chi connectivity index (χ1) is 11.5. The Hall–Kier alpha value is -2.89. The number of methoxy groups -OCH3 is 1. The number of ether oxygens (including phenoxy) is 1. The molecule has 126 valence electrons. The van der Waals surface area contributed by atoms with E-state index in [1.165, 1.54) is 37.1 Å². The molecule has 0 saturated carbocycles. The van der Waals surface area contributed by atoms with Crippen molar-refractivity contribution in [3.63, 3.8) is 0 Å². The quantitative estimate of drug-likeness (QED) is 0.886. The molecule has 0 bridgehead atoms. The first kappa shape index (κ1) is 17.5. The van der Waals surface area contributed by atoms with Crippen LogP contribution >= 0.6 is 0 Å². The summed E-state index contributed by atoms with van der Waals surface area (Å²) in [7, 11) is 1.52. The van der Waals surface area contributed by atoms with Crippen molar-refractivity contribution in [1.82, 2.24) is 5.32 Å². The molecular formula is C18H19FN2O3. The van der Waals surface area contributed by atoms with Crippen LogP contribution in [0.4, 0.5) is 10.1 Å². The van der Waals surface area contributed by atoms with E-state index in [1.807, 2.05) is 0 Å². The highest BCUT2D eigenvalue weighted by molar-refractivity contribution is 5.95. The van der Waals surface area contributed by atoms with Crippen molar-refractivity contribution >= 4 is 17.5 Å². The number of nitrogens with one attached hydrogen (secondary N) is 1. The van der Waals surface area contributed by atoms with Crippen molar-refractivity contribution in [2.75, 3.05) is 25.1 Å². The summed E-state index contributed by atoms with van der Waals surface area (Å²) in [5.74, 6) is -0.715. The second-order valence-electron chi connectivity index (χ2n) is 5.08. The van der Waals surface area contributed by atoms with Crippen LogP contribution in [0.1, 0.15) is 17.3 Å². The number of benzene rings is 2. The molecule has 24 heavy (non-hydrogen) atoms. The summed E-state index contributed by atoms with van der Waals surface area (Å²) < 4.78 is 18.8. The number of hydrogen-bond acceptors (Lipinski definition) is 3. The van der Waals surface area contributed by atoms with Crippen molar-refractivity contribution in [3.8, 4) is 5.75 Å². The number of amides is 2. The molecule has 0 saturated heterocycles. The van der Waals surface area contributed by atoms with Gasteiger partial charge in [-0.1, -0.05) is 24.3 Å². The van der Waals surface area contributed by atoms with Crippen LogP contribution in [0.3, 0.4) is 0 Å². The maximum absolute atomic E-state index is 13.6. The van der Waals surface area contributed by atoms with Crippen LogP contribution in [-0.2, 0) is 4.79 Å². The standard InChI is InChI=1S/C18H19FN2O3/c1-13(22)21(16-9-5-6-10-17(16)24-2)12-11-20-18(23)14-7-3-4-8-15(14)19/h3-10H,11-12H2,1-2H3,(H,20,23). The van der Waals surface area contributed by atoms with Gasteiger partial charge in [-0.15, -0.1) is 0 Å². The van der Waals surface area contributed by atoms with Gasteiger partial charge in [-0.25, -0.2) is 4.39 Å². The van der Waals surface area contributed by atoms with Crippen LogP contribution in [-0.4, -0.2) is 32.0 Å². The van der Waals surface area contributed by atoms with Crippen LogP contribution in [0.15, 0.2) is 48.5 Å². The van der Waals surface area contributed by atoms with E-state index in [0.717, 1.165) is 0 Å². The second-order valence-corrected chi connectivity index (χ2v) is 5.08. The molecule has 0 spiro atoms. The molecule has 2 amide bonds. The number of carbonyl (C=O) groups excluding carboxylic acids is 2. The molecule has 0 unspecified atom stereocenters. The molecule has 0 aliphatic rings. The number of para-hydroxylation sites is 2. The minimum Gasteiger partial charge on any atom is -0.495 e. The number of carbonyl (C=O) groups is 2. The predicted molar refractivity (Wildman–Crippen MR) is 89.8 cm³/mol. The molecule has 0 atom stereocenters. The van der Waals surface area contributed by atoms with E-state index in [-0.39, 0.29) is 24.6 Å². The summed E-state index contributed by atoms with van der Waals surface area (Å²) in [4.78, 5) is 25.4. The first-order valence-electron chi connectivity index (χ1n) is 7.48. The van der Waals surface area contributed by atoms with Crippen LogP contribution in [0.5, 0.6) is 5.75 Å². The monoisotopic (exact) mass is 330 g/mol. The molecule has 1 N–H and O–H groups in total. The van der Waals surface area contributed by atoms with E-state index < -0.39 is 11.7 Å². The van der Waals surface area contributed by atoms with E-state index >= 15 is 0 Å². The lowest BCUT2D eigenvalue weighted by Crippen LogP contribution is -2.38. The van der Waals surface area contributed by atoms with Crippen LogP contribution in [0, 0.1) is 5.82 Å². The SMILES string of the molecule is COc1ccccc1N(CCNC(=O)c1ccccc1F)C(C)=O. The highest BCUT2D eigenvalue weighted by Gasteiger charge is 2.16. The zero-order chi connectivity index (χ0) is 17.5. The van der Waals surface area contributed by atoms with E-state index in [1.54, 1.807) is 30.3 Å². The van der Waals surface area contributed by atoms with Gasteiger partial charge in [0, 0.05) is 20.0 Å². The van der Waals surface area contributed by atoms with Gasteiger partial charge >= 0.3 is 0 Å². The van der Waals surface area contributed by atoms with E-state index in [0.29, 0.717) is 11.4 Å². The third-order valence-electron chi connectivity index (χ3n) is 3.50. The Bertz CT molecular complexity index is 734. The zero-order valence-corrected chi connectivity index (χ0v) is 13.6. The Labute approximate surface area is 140 Å². The predicted octanol–water partition coefficient (Wildman–Crippen LogP) is 2.62. The molecule has 0 aromatic heterocycles. The van der Waals surface area contributed by atoms with Crippen molar-refractivity contribution in [3.05, 3.63) is 59.9 Å². The van der Waals surface area contributed by atoms with Gasteiger partial charge in [0.15, 0.2) is 0 Å². The average molecular weight is 330 g/mol. The van der Waals surface area contributed by atoms with E-state index in [4.69, 9.17) is 4.74 Å². The summed E-state index contributed by atoms with van der Waals surface area (Å²) in [6.45, 7) is 1.87. The van der Waals surface area contributed by atoms with Gasteiger partial charge in [0.2, 0.25) is 5.91 Å². The van der Waals surface area contributed by atoms with Gasteiger partial charge in [-0.05, 0) is 24.3 Å². The fraction of sp³-hybridized carbons (Fsp3) is 0.222. The van der Waals surface area contributed by atoms with Gasteiger partial charge in [0.25, 0.3) is 5.91 Å². The van der Waals surface area contributed by atoms with E-state index in [2.05, 4.69) is 5.32 Å². The number of hydrogen-bond donors (Lipinski definition) is 1. The van der Waals surface area contributed by atoms with Gasteiger partial charge < -0.3 is 15.0 Å². The second kappa shape index (κ2) is 8.10. The van der Waals surface area contributed by atoms with Crippen molar-refractivity contribution in [1.29, 1.82) is 0 Å².